The zero-order chi connectivity index (χ0) is 23.6. The third kappa shape index (κ3) is 5.16. The van der Waals surface area contributed by atoms with Crippen LogP contribution in [0.15, 0.2) is 11.3 Å². The lowest BCUT2D eigenvalue weighted by Crippen LogP contribution is -2.39. The number of fused-ring (bicyclic) bond motifs is 1. The van der Waals surface area contributed by atoms with Gasteiger partial charge < -0.3 is 20.7 Å². The number of alkyl halides is 3. The molecule has 3 rings (SSSR count). The molecule has 32 heavy (non-hydrogen) atoms. The molecular weight excluding hydrogens is 423 g/mol. The highest BCUT2D eigenvalue weighted by Crippen LogP contribution is 2.39. The third-order valence-corrected chi connectivity index (χ3v) is 6.04. The van der Waals surface area contributed by atoms with Crippen molar-refractivity contribution in [1.82, 2.24) is 15.3 Å². The van der Waals surface area contributed by atoms with Crippen LogP contribution in [0.2, 0.25) is 0 Å². The maximum atomic E-state index is 13.0. The van der Waals surface area contributed by atoms with Crippen LogP contribution in [0.1, 0.15) is 49.7 Å². The Morgan fingerprint density at radius 1 is 1.28 bits per heavy atom. The first kappa shape index (κ1) is 23.9. The molecule has 0 unspecified atom stereocenters. The van der Waals surface area contributed by atoms with E-state index in [1.807, 2.05) is 18.9 Å². The number of rotatable bonds is 5. The van der Waals surface area contributed by atoms with Crippen LogP contribution >= 0.6 is 0 Å². The van der Waals surface area contributed by atoms with Crippen molar-refractivity contribution in [2.24, 2.45) is 17.6 Å². The van der Waals surface area contributed by atoms with Crippen LogP contribution in [0.25, 0.3) is 11.8 Å². The minimum absolute atomic E-state index is 0.0386. The zero-order valence-corrected chi connectivity index (χ0v) is 18.8. The number of methoxy groups -OCH3 is 1. The molecule has 1 fully saturated rings. The van der Waals surface area contributed by atoms with Crippen LogP contribution in [0.5, 0.6) is 0 Å². The fourth-order valence-electron chi connectivity index (χ4n) is 4.36. The molecule has 3 N–H and O–H groups in total. The van der Waals surface area contributed by atoms with Gasteiger partial charge >= 0.3 is 6.18 Å². The molecule has 2 heterocycles. The predicted octanol–water partition coefficient (Wildman–Crippen LogP) is 3.40. The maximum absolute atomic E-state index is 13.0. The molecule has 0 bridgehead atoms. The summed E-state index contributed by atoms with van der Waals surface area (Å²) in [6.07, 6.45) is -1.33. The first-order valence-corrected chi connectivity index (χ1v) is 10.7. The van der Waals surface area contributed by atoms with E-state index < -0.39 is 12.1 Å². The number of carbonyl (C=O) groups excluding carboxylic acids is 1. The molecule has 0 saturated heterocycles. The number of ether oxygens (including phenoxy) is 1. The van der Waals surface area contributed by atoms with Crippen molar-refractivity contribution >= 4 is 23.6 Å². The second-order valence-electron chi connectivity index (χ2n) is 8.59. The molecule has 176 valence electrons. The van der Waals surface area contributed by atoms with Crippen LogP contribution in [0.3, 0.4) is 0 Å². The lowest BCUT2D eigenvalue weighted by molar-refractivity contribution is -0.183. The van der Waals surface area contributed by atoms with Crippen molar-refractivity contribution in [1.29, 1.82) is 0 Å². The molecule has 1 aliphatic carbocycles. The Hall–Kier alpha value is -2.78. The van der Waals surface area contributed by atoms with Crippen LogP contribution < -0.4 is 16.0 Å². The van der Waals surface area contributed by atoms with Crippen molar-refractivity contribution in [2.45, 2.75) is 45.7 Å². The Morgan fingerprint density at radius 2 is 1.94 bits per heavy atom. The van der Waals surface area contributed by atoms with Gasteiger partial charge in [0.2, 0.25) is 0 Å². The monoisotopic (exact) mass is 453 g/mol. The zero-order valence-electron chi connectivity index (χ0n) is 18.8. The predicted molar refractivity (Wildman–Crippen MR) is 116 cm³/mol. The average Bonchev–Trinajstić information content (AvgIpc) is 2.71. The van der Waals surface area contributed by atoms with Gasteiger partial charge in [-0.15, -0.1) is 0 Å². The van der Waals surface area contributed by atoms with E-state index >= 15 is 0 Å². The molecule has 2 aliphatic rings. The largest absolute Gasteiger partial charge is 0.495 e. The average molecular weight is 454 g/mol. The number of nitrogens with two attached hydrogens (primary N) is 1. The molecule has 1 aromatic heterocycles. The highest BCUT2D eigenvalue weighted by molar-refractivity contribution is 6.03. The number of nitrogens with zero attached hydrogens (tertiary/aromatic N) is 3. The van der Waals surface area contributed by atoms with E-state index in [-0.39, 0.29) is 31.2 Å². The lowest BCUT2D eigenvalue weighted by Gasteiger charge is -2.31. The van der Waals surface area contributed by atoms with Gasteiger partial charge in [0.25, 0.3) is 5.91 Å². The van der Waals surface area contributed by atoms with E-state index in [4.69, 9.17) is 10.5 Å². The Kier molecular flexibility index (Phi) is 7.00. The first-order chi connectivity index (χ1) is 15.0. The van der Waals surface area contributed by atoms with Crippen LogP contribution in [0.4, 0.5) is 19.0 Å². The number of amides is 1. The van der Waals surface area contributed by atoms with Crippen molar-refractivity contribution < 1.29 is 22.7 Å². The van der Waals surface area contributed by atoms with Crippen molar-refractivity contribution in [2.75, 3.05) is 32.1 Å². The summed E-state index contributed by atoms with van der Waals surface area (Å²) in [7, 11) is 3.32. The molecule has 1 aliphatic heterocycles. The molecular formula is C22H30F3N5O2. The summed E-state index contributed by atoms with van der Waals surface area (Å²) in [6, 6.07) is 0. The van der Waals surface area contributed by atoms with Gasteiger partial charge in [-0.25, -0.2) is 9.97 Å². The highest BCUT2D eigenvalue weighted by Gasteiger charge is 2.41. The number of likely N-dealkylation sites (N-methyl/N-ethyl adjacent to an activating group) is 1. The van der Waals surface area contributed by atoms with Crippen LogP contribution in [-0.2, 0) is 9.53 Å². The number of aromatic nitrogens is 2. The molecule has 0 radical (unpaired) electrons. The van der Waals surface area contributed by atoms with Gasteiger partial charge in [0, 0.05) is 25.4 Å². The van der Waals surface area contributed by atoms with E-state index in [1.54, 1.807) is 13.0 Å². The molecule has 1 saturated carbocycles. The summed E-state index contributed by atoms with van der Waals surface area (Å²) < 4.78 is 44.2. The molecule has 0 aromatic carbocycles. The molecule has 0 spiro atoms. The van der Waals surface area contributed by atoms with Gasteiger partial charge in [-0.05, 0) is 45.4 Å². The van der Waals surface area contributed by atoms with E-state index in [0.29, 0.717) is 59.3 Å². The first-order valence-electron chi connectivity index (χ1n) is 10.7. The molecule has 10 heteroatoms. The summed E-state index contributed by atoms with van der Waals surface area (Å²) >= 11 is 0. The Morgan fingerprint density at radius 3 is 2.50 bits per heavy atom. The molecule has 1 aromatic rings. The minimum atomic E-state index is -4.13. The minimum Gasteiger partial charge on any atom is -0.495 e. The van der Waals surface area contributed by atoms with E-state index in [1.165, 1.54) is 7.11 Å². The number of anilines is 1. The number of allylic oxidation sites excluding steroid dienone is 1. The van der Waals surface area contributed by atoms with Gasteiger partial charge in [-0.3, -0.25) is 4.79 Å². The highest BCUT2D eigenvalue weighted by atomic mass is 19.4. The SMILES string of the molecule is COC1=C(C(=O)NCC2CCC(C(F)(F)F)CC2)CN(C)c2nc(/C=C(/C)N)nc(C)c21. The van der Waals surface area contributed by atoms with Crippen molar-refractivity contribution in [3.05, 3.63) is 28.4 Å². The second-order valence-corrected chi connectivity index (χ2v) is 8.59. The fourth-order valence-corrected chi connectivity index (χ4v) is 4.36. The number of nitrogens with one attached hydrogen (secondary N) is 1. The van der Waals surface area contributed by atoms with Gasteiger partial charge in [0.15, 0.2) is 5.82 Å². The summed E-state index contributed by atoms with van der Waals surface area (Å²) in [5.41, 5.74) is 8.07. The van der Waals surface area contributed by atoms with E-state index in [0.717, 1.165) is 0 Å². The number of aryl methyl sites for hydroxylation is 1. The summed E-state index contributed by atoms with van der Waals surface area (Å²) in [5.74, 6) is 0.0466. The summed E-state index contributed by atoms with van der Waals surface area (Å²) in [5, 5.41) is 2.90. The standard InChI is InChI=1S/C22H30F3N5O2/c1-12(26)9-17-28-13(2)18-19(32-4)16(11-30(3)20(18)29-17)21(31)27-10-14-5-7-15(8-6-14)22(23,24)25/h9,14-15H,5-8,10-11,26H2,1-4H3,(H,27,31)/b12-9-. The van der Waals surface area contributed by atoms with Crippen molar-refractivity contribution in [3.63, 3.8) is 0 Å². The molecule has 0 atom stereocenters. The topological polar surface area (TPSA) is 93.4 Å². The van der Waals surface area contributed by atoms with Gasteiger partial charge in [0.05, 0.1) is 36.4 Å². The van der Waals surface area contributed by atoms with Gasteiger partial charge in [-0.1, -0.05) is 0 Å². The second kappa shape index (κ2) is 9.38. The quantitative estimate of drug-likeness (QED) is 0.710. The van der Waals surface area contributed by atoms with Crippen LogP contribution in [0, 0.1) is 18.8 Å². The van der Waals surface area contributed by atoms with Gasteiger partial charge in [0.1, 0.15) is 11.6 Å². The Balaban J connectivity index is 1.76. The number of halogens is 3. The number of carbonyl (C=O) groups is 1. The Labute approximate surface area is 185 Å². The summed E-state index contributed by atoms with van der Waals surface area (Å²) in [4.78, 5) is 23.9. The summed E-state index contributed by atoms with van der Waals surface area (Å²) in [6.45, 7) is 4.19. The van der Waals surface area contributed by atoms with E-state index in [9.17, 15) is 18.0 Å². The molecule has 1 amide bonds. The number of hydrogen-bond donors (Lipinski definition) is 2. The van der Waals surface area contributed by atoms with Crippen molar-refractivity contribution in [3.8, 4) is 0 Å². The third-order valence-electron chi connectivity index (χ3n) is 6.04. The number of hydrogen-bond acceptors (Lipinski definition) is 6. The maximum Gasteiger partial charge on any atom is 0.391 e. The van der Waals surface area contributed by atoms with Gasteiger partial charge in [-0.2, -0.15) is 13.2 Å². The smallest absolute Gasteiger partial charge is 0.391 e. The normalized spacial score (nSPS) is 22.0. The van der Waals surface area contributed by atoms with E-state index in [2.05, 4.69) is 15.3 Å². The lowest BCUT2D eigenvalue weighted by atomic mass is 9.81. The van der Waals surface area contributed by atoms with Crippen LogP contribution in [-0.4, -0.2) is 49.3 Å². The molecule has 7 nitrogen and oxygen atoms in total. The fraction of sp³-hybridized carbons (Fsp3) is 0.591. The Bertz CT molecular complexity index is 930.